The van der Waals surface area contributed by atoms with Gasteiger partial charge in [-0.2, -0.15) is 0 Å². The van der Waals surface area contributed by atoms with Crippen LogP contribution in [0.2, 0.25) is 0 Å². The van der Waals surface area contributed by atoms with Crippen LogP contribution >= 0.6 is 11.3 Å². The van der Waals surface area contributed by atoms with Crippen LogP contribution < -0.4 is 5.32 Å². The fraction of sp³-hybridized carbons (Fsp3) is 0.0196. The third-order valence-electron chi connectivity index (χ3n) is 10.9. The Bertz CT molecular complexity index is 3150. The van der Waals surface area contributed by atoms with Crippen molar-refractivity contribution >= 4 is 65.0 Å². The number of fused-ring (bicyclic) bond motifs is 6. The highest BCUT2D eigenvalue weighted by Crippen LogP contribution is 2.38. The van der Waals surface area contributed by atoms with Crippen LogP contribution in [0.4, 0.5) is 0 Å². The quantitative estimate of drug-likeness (QED) is 0.182. The molecule has 0 fully saturated rings. The molecule has 264 valence electrons. The Morgan fingerprint density at radius 3 is 1.89 bits per heavy atom. The van der Waals surface area contributed by atoms with Gasteiger partial charge in [0.15, 0.2) is 5.84 Å². The summed E-state index contributed by atoms with van der Waals surface area (Å²) in [6.45, 7) is 0. The highest BCUT2D eigenvalue weighted by atomic mass is 32.1. The van der Waals surface area contributed by atoms with E-state index in [-0.39, 0.29) is 6.17 Å². The Morgan fingerprint density at radius 1 is 0.429 bits per heavy atom. The Morgan fingerprint density at radius 2 is 1.05 bits per heavy atom. The number of nitrogens with one attached hydrogen (secondary N) is 1. The lowest BCUT2D eigenvalue weighted by molar-refractivity contribution is 0.674. The Hall–Kier alpha value is -7.08. The summed E-state index contributed by atoms with van der Waals surface area (Å²) < 4.78 is 5.00. The fourth-order valence-electron chi connectivity index (χ4n) is 8.10. The molecule has 1 aliphatic rings. The third kappa shape index (κ3) is 5.60. The van der Waals surface area contributed by atoms with Crippen LogP contribution in [0.3, 0.4) is 0 Å². The Labute approximate surface area is 328 Å². The number of aliphatic imine (C=N–C) groups is 2. The summed E-state index contributed by atoms with van der Waals surface area (Å²) in [6.07, 6.45) is -0.302. The van der Waals surface area contributed by atoms with E-state index in [1.807, 2.05) is 17.4 Å². The zero-order valence-electron chi connectivity index (χ0n) is 30.3. The number of benzene rings is 8. The molecular weight excluding hydrogens is 701 g/mol. The van der Waals surface area contributed by atoms with Crippen molar-refractivity contribution in [2.45, 2.75) is 6.17 Å². The number of hydrogen-bond acceptors (Lipinski definition) is 4. The molecule has 0 bridgehead atoms. The first-order valence-corrected chi connectivity index (χ1v) is 19.7. The van der Waals surface area contributed by atoms with Gasteiger partial charge in [0, 0.05) is 47.8 Å². The van der Waals surface area contributed by atoms with E-state index in [1.165, 1.54) is 47.6 Å². The Balaban J connectivity index is 1.03. The van der Waals surface area contributed by atoms with Gasteiger partial charge >= 0.3 is 0 Å². The van der Waals surface area contributed by atoms with E-state index >= 15 is 0 Å². The monoisotopic (exact) mass is 734 g/mol. The first-order chi connectivity index (χ1) is 27.7. The van der Waals surface area contributed by atoms with Gasteiger partial charge in [0.2, 0.25) is 0 Å². The largest absolute Gasteiger partial charge is 0.344 e. The summed E-state index contributed by atoms with van der Waals surface area (Å²) in [7, 11) is 0. The number of para-hydroxylation sites is 1. The van der Waals surface area contributed by atoms with E-state index in [1.54, 1.807) is 0 Å². The minimum Gasteiger partial charge on any atom is -0.344 e. The summed E-state index contributed by atoms with van der Waals surface area (Å²) in [5, 5.41) is 8.67. The number of thiophene rings is 1. The van der Waals surface area contributed by atoms with Gasteiger partial charge in [0.05, 0.1) is 11.0 Å². The Kier molecular flexibility index (Phi) is 7.71. The van der Waals surface area contributed by atoms with Crippen LogP contribution in [0.1, 0.15) is 22.9 Å². The molecule has 1 unspecified atom stereocenters. The number of hydrogen-bond donors (Lipinski definition) is 1. The molecule has 0 saturated carbocycles. The predicted octanol–water partition coefficient (Wildman–Crippen LogP) is 13.0. The maximum absolute atomic E-state index is 5.27. The van der Waals surface area contributed by atoms with Gasteiger partial charge in [-0.1, -0.05) is 152 Å². The molecule has 0 radical (unpaired) electrons. The van der Waals surface area contributed by atoms with E-state index in [9.17, 15) is 0 Å². The fourth-order valence-corrected chi connectivity index (χ4v) is 9.19. The zero-order chi connectivity index (χ0) is 37.0. The highest BCUT2D eigenvalue weighted by Gasteiger charge is 2.23. The summed E-state index contributed by atoms with van der Waals surface area (Å²) in [5.74, 6) is 1.49. The molecule has 0 saturated heterocycles. The third-order valence-corrected chi connectivity index (χ3v) is 12.0. The normalized spacial score (nSPS) is 14.2. The summed E-state index contributed by atoms with van der Waals surface area (Å²) in [6, 6.07) is 69.3. The van der Waals surface area contributed by atoms with Gasteiger partial charge in [-0.25, -0.2) is 9.98 Å². The average Bonchev–Trinajstić information content (AvgIpc) is 3.82. The average molecular weight is 735 g/mol. The van der Waals surface area contributed by atoms with Crippen molar-refractivity contribution in [2.24, 2.45) is 9.98 Å². The molecule has 10 aromatic rings. The summed E-state index contributed by atoms with van der Waals surface area (Å²) in [4.78, 5) is 10.5. The van der Waals surface area contributed by atoms with E-state index in [2.05, 4.69) is 198 Å². The molecule has 1 aliphatic heterocycles. The minimum atomic E-state index is -0.302. The van der Waals surface area contributed by atoms with Crippen molar-refractivity contribution in [3.05, 3.63) is 211 Å². The van der Waals surface area contributed by atoms with Gasteiger partial charge in [-0.3, -0.25) is 0 Å². The van der Waals surface area contributed by atoms with Crippen molar-refractivity contribution < 1.29 is 0 Å². The second kappa shape index (κ2) is 13.3. The smallest absolute Gasteiger partial charge is 0.159 e. The lowest BCUT2D eigenvalue weighted by Crippen LogP contribution is -2.33. The van der Waals surface area contributed by atoms with Gasteiger partial charge in [-0.15, -0.1) is 11.3 Å². The molecule has 2 aromatic heterocycles. The maximum atomic E-state index is 5.27. The second-order valence-electron chi connectivity index (χ2n) is 14.3. The molecule has 56 heavy (non-hydrogen) atoms. The molecule has 5 heteroatoms. The molecule has 8 aromatic carbocycles. The van der Waals surface area contributed by atoms with Crippen LogP contribution in [-0.4, -0.2) is 16.2 Å². The van der Waals surface area contributed by atoms with Crippen molar-refractivity contribution in [1.82, 2.24) is 9.88 Å². The second-order valence-corrected chi connectivity index (χ2v) is 15.3. The molecule has 0 aliphatic carbocycles. The summed E-state index contributed by atoms with van der Waals surface area (Å²) in [5.41, 5.74) is 11.2. The van der Waals surface area contributed by atoms with Crippen molar-refractivity contribution in [2.75, 3.05) is 0 Å². The topological polar surface area (TPSA) is 41.7 Å². The molecule has 4 nitrogen and oxygen atoms in total. The number of rotatable bonds is 6. The first kappa shape index (κ1) is 32.4. The molecular formula is C51H34N4S. The number of amidine groups is 2. The minimum absolute atomic E-state index is 0.302. The van der Waals surface area contributed by atoms with E-state index < -0.39 is 0 Å². The maximum Gasteiger partial charge on any atom is 0.159 e. The SMILES string of the molecule is c1ccc(-c2ccc(-c3cccc(C4=NC(c5ccc6c7ccccc7n(-c7ccc8sc9ccccc9c8c7)c6c5)=NC(c5ccccc5)N4)c3)cc2)cc1. The van der Waals surface area contributed by atoms with Crippen LogP contribution in [0.15, 0.2) is 204 Å². The molecule has 3 heterocycles. The summed E-state index contributed by atoms with van der Waals surface area (Å²) >= 11 is 1.85. The van der Waals surface area contributed by atoms with Crippen LogP contribution in [0.5, 0.6) is 0 Å². The predicted molar refractivity (Wildman–Crippen MR) is 236 cm³/mol. The van der Waals surface area contributed by atoms with Crippen LogP contribution in [0.25, 0.3) is 69.9 Å². The van der Waals surface area contributed by atoms with E-state index in [0.29, 0.717) is 5.84 Å². The van der Waals surface area contributed by atoms with E-state index in [0.717, 1.165) is 44.9 Å². The van der Waals surface area contributed by atoms with Crippen LogP contribution in [-0.2, 0) is 0 Å². The molecule has 1 atom stereocenters. The lowest BCUT2D eigenvalue weighted by atomic mass is 9.98. The molecule has 0 amide bonds. The number of aromatic nitrogens is 1. The van der Waals surface area contributed by atoms with Gasteiger partial charge in [-0.05, 0) is 70.3 Å². The van der Waals surface area contributed by atoms with Crippen LogP contribution in [0, 0.1) is 0 Å². The number of nitrogens with zero attached hydrogens (tertiary/aromatic N) is 3. The van der Waals surface area contributed by atoms with Crippen molar-refractivity contribution in [3.63, 3.8) is 0 Å². The van der Waals surface area contributed by atoms with E-state index in [4.69, 9.17) is 9.98 Å². The van der Waals surface area contributed by atoms with Gasteiger partial charge in [0.25, 0.3) is 0 Å². The first-order valence-electron chi connectivity index (χ1n) is 18.9. The van der Waals surface area contributed by atoms with Crippen molar-refractivity contribution in [3.8, 4) is 27.9 Å². The van der Waals surface area contributed by atoms with Gasteiger partial charge < -0.3 is 9.88 Å². The van der Waals surface area contributed by atoms with Gasteiger partial charge in [0.1, 0.15) is 12.0 Å². The standard InChI is InChI=1S/C51H34N4S/c1-3-12-33(13-4-1)34-22-24-35(25-23-34)37-16-11-17-38(30-37)50-52-49(36-14-5-2-6-15-36)53-51(54-50)39-26-28-42-41-18-7-9-20-45(41)55(46(42)31-39)40-27-29-48-44(32-40)43-19-8-10-21-47(43)56-48/h1-32,49H,(H,52,53,54). The van der Waals surface area contributed by atoms with Crippen molar-refractivity contribution in [1.29, 1.82) is 0 Å². The zero-order valence-corrected chi connectivity index (χ0v) is 31.1. The lowest BCUT2D eigenvalue weighted by Gasteiger charge is -2.24. The molecule has 0 spiro atoms. The molecule has 11 rings (SSSR count). The molecule has 1 N–H and O–H groups in total. The highest BCUT2D eigenvalue weighted by molar-refractivity contribution is 7.25.